The highest BCUT2D eigenvalue weighted by Gasteiger charge is 2.78. The molecule has 4 aliphatic rings. The third-order valence-corrected chi connectivity index (χ3v) is 13.2. The summed E-state index contributed by atoms with van der Waals surface area (Å²) in [6.07, 6.45) is -11.4. The van der Waals surface area contributed by atoms with Crippen molar-refractivity contribution >= 4 is 35.6 Å². The van der Waals surface area contributed by atoms with Crippen LogP contribution in [0.2, 0.25) is 0 Å². The molecule has 1 amide bonds. The molecule has 328 valence electrons. The molecule has 2 saturated carbocycles. The van der Waals surface area contributed by atoms with Gasteiger partial charge in [-0.1, -0.05) is 80.5 Å². The Labute approximate surface area is 365 Å². The number of hydrogen-bond acceptors (Lipinski definition) is 14. The fourth-order valence-corrected chi connectivity index (χ4v) is 9.95. The van der Waals surface area contributed by atoms with E-state index in [2.05, 4.69) is 5.32 Å². The first-order chi connectivity index (χ1) is 31.3. The molecular formula is C47H51NO14. The molecule has 7 rings (SSSR count). The molecule has 3 aromatic carbocycles. The van der Waals surface area contributed by atoms with Crippen molar-refractivity contribution < 1.29 is 74.6 Å². The van der Waals surface area contributed by atoms with Gasteiger partial charge in [-0.05, 0) is 54.8 Å². The molecule has 1 saturated heterocycles. The summed E-state index contributed by atoms with van der Waals surface area (Å²) in [7, 11) is 0. The number of esters is 4. The Morgan fingerprint density at radius 3 is 2.10 bits per heavy atom. The highest BCUT2D eigenvalue weighted by molar-refractivity contribution is 5.96. The van der Waals surface area contributed by atoms with Gasteiger partial charge in [0.2, 0.25) is 0 Å². The molecule has 2 unspecified atom stereocenters. The molecule has 0 aromatic heterocycles. The van der Waals surface area contributed by atoms with E-state index in [9.17, 15) is 39.3 Å². The lowest BCUT2D eigenvalue weighted by Gasteiger charge is -2.67. The lowest BCUT2D eigenvalue weighted by molar-refractivity contribution is -0.346. The standard InChI is InChI=1S/C47H51NO14/c1-25-31(60-43(56)36(52)35(28-16-10-7-11-17-28)48-41(54)29-18-12-8-13-19-29)23-47(57)40(61-42(55)30-20-14-9-15-21-30)38-45(6,32(51)22-33-46(38,24-58-33)62-27(3)50)39(53)37(59-26(2)49)34(25)44(47,4)5/h7-21,31-33,35-38,40,51-52,57H,22-24H2,1-6H3,(H,48,54)/t31-,32-,33?,35-,36+,37+,38-,40+,45+,46?,47+/m0/s1/i8D,12D,13D,18D,19D. The van der Waals surface area contributed by atoms with Crippen molar-refractivity contribution in [1.29, 1.82) is 0 Å². The van der Waals surface area contributed by atoms with Gasteiger partial charge in [-0.25, -0.2) is 9.59 Å². The van der Waals surface area contributed by atoms with Crippen molar-refractivity contribution in [2.75, 3.05) is 6.61 Å². The number of fused-ring (bicyclic) bond motifs is 5. The third kappa shape index (κ3) is 7.29. The second kappa shape index (κ2) is 16.5. The minimum atomic E-state index is -2.49. The minimum absolute atomic E-state index is 0.0163. The Balaban J connectivity index is 1.38. The quantitative estimate of drug-likeness (QED) is 0.130. The largest absolute Gasteiger partial charge is 0.456 e. The van der Waals surface area contributed by atoms with Crippen LogP contribution < -0.4 is 5.32 Å². The number of amides is 1. The summed E-state index contributed by atoms with van der Waals surface area (Å²) in [6, 6.07) is 9.44. The summed E-state index contributed by atoms with van der Waals surface area (Å²) in [5, 5.41) is 40.1. The van der Waals surface area contributed by atoms with Gasteiger partial charge < -0.3 is 44.3 Å². The molecule has 1 aliphatic heterocycles. The van der Waals surface area contributed by atoms with Gasteiger partial charge >= 0.3 is 23.9 Å². The van der Waals surface area contributed by atoms with Crippen molar-refractivity contribution in [2.24, 2.45) is 16.7 Å². The predicted molar refractivity (Wildman–Crippen MR) is 218 cm³/mol. The second-order valence-electron chi connectivity index (χ2n) is 17.0. The molecule has 11 atom stereocenters. The topological polar surface area (TPSA) is 221 Å². The number of Topliss-reactive ketones (excluding diaryl/α,β-unsaturated/α-hetero) is 1. The molecule has 3 aromatic rings. The van der Waals surface area contributed by atoms with Gasteiger partial charge in [0.15, 0.2) is 23.6 Å². The molecule has 3 fully saturated rings. The van der Waals surface area contributed by atoms with Crippen LogP contribution in [0.4, 0.5) is 0 Å². The Kier molecular flexibility index (Phi) is 10.1. The van der Waals surface area contributed by atoms with Gasteiger partial charge in [0, 0.05) is 37.7 Å². The van der Waals surface area contributed by atoms with Crippen LogP contribution in [-0.4, -0.2) is 105 Å². The van der Waals surface area contributed by atoms with Crippen LogP contribution in [0.25, 0.3) is 0 Å². The number of ketones is 1. The Bertz CT molecular complexity index is 2550. The maximum Gasteiger partial charge on any atom is 0.338 e. The smallest absolute Gasteiger partial charge is 0.338 e. The Morgan fingerprint density at radius 1 is 0.887 bits per heavy atom. The SMILES string of the molecule is [2H]c1c([2H])c([2H])c(C(=O)N[C@@H](c2ccccc2)[C@@H](O)C(=O)O[C@H]2C[C@@]3(O)[C@H](OC(=O)c4ccccc4)[C@@H]4C5(OC(C)=O)COC5C[C@H](O)[C@@]4(C)C(=O)[C@H](OC(C)=O)C(=C2C)C3(C)C)c([2H])c1[2H]. The number of rotatable bonds is 10. The Morgan fingerprint density at radius 2 is 1.52 bits per heavy atom. The number of nitrogens with one attached hydrogen (secondary N) is 1. The van der Waals surface area contributed by atoms with Crippen LogP contribution in [-0.2, 0) is 42.9 Å². The Hall–Kier alpha value is -5.74. The molecule has 15 nitrogen and oxygen atoms in total. The van der Waals surface area contributed by atoms with Gasteiger partial charge in [-0.2, -0.15) is 0 Å². The first-order valence-corrected chi connectivity index (χ1v) is 20.1. The summed E-state index contributed by atoms with van der Waals surface area (Å²) in [4.78, 5) is 84.1. The van der Waals surface area contributed by atoms with Crippen molar-refractivity contribution in [3.8, 4) is 0 Å². The van der Waals surface area contributed by atoms with Crippen molar-refractivity contribution in [1.82, 2.24) is 5.32 Å². The van der Waals surface area contributed by atoms with E-state index >= 15 is 4.79 Å². The van der Waals surface area contributed by atoms with E-state index in [1.807, 2.05) is 0 Å². The summed E-state index contributed by atoms with van der Waals surface area (Å²) in [5.41, 5.74) is -8.87. The maximum atomic E-state index is 15.5. The molecule has 15 heteroatoms. The number of benzene rings is 3. The number of aliphatic hydroxyl groups is 3. The van der Waals surface area contributed by atoms with Crippen LogP contribution in [0.3, 0.4) is 0 Å². The molecular weight excluding hydrogens is 803 g/mol. The van der Waals surface area contributed by atoms with Gasteiger partial charge in [0.25, 0.3) is 5.91 Å². The van der Waals surface area contributed by atoms with E-state index in [1.165, 1.54) is 64.1 Å². The highest BCUT2D eigenvalue weighted by Crippen LogP contribution is 2.64. The number of carbonyl (C=O) groups excluding carboxylic acids is 6. The normalized spacial score (nSPS) is 33.0. The van der Waals surface area contributed by atoms with Crippen LogP contribution >= 0.6 is 0 Å². The van der Waals surface area contributed by atoms with Gasteiger partial charge in [0.05, 0.1) is 42.5 Å². The maximum absolute atomic E-state index is 15.5. The van der Waals surface area contributed by atoms with Crippen molar-refractivity contribution in [3.05, 3.63) is 119 Å². The predicted octanol–water partition coefficient (Wildman–Crippen LogP) is 3.74. The number of aliphatic hydroxyl groups excluding tert-OH is 2. The molecule has 1 heterocycles. The van der Waals surface area contributed by atoms with E-state index in [-0.39, 0.29) is 35.3 Å². The van der Waals surface area contributed by atoms with Gasteiger partial charge in [0.1, 0.15) is 23.9 Å². The van der Waals surface area contributed by atoms with E-state index in [0.29, 0.717) is 0 Å². The second-order valence-corrected chi connectivity index (χ2v) is 17.0. The van der Waals surface area contributed by atoms with Gasteiger partial charge in [-0.3, -0.25) is 19.2 Å². The summed E-state index contributed by atoms with van der Waals surface area (Å²) >= 11 is 0. The van der Waals surface area contributed by atoms with Crippen molar-refractivity contribution in [2.45, 2.75) is 108 Å². The third-order valence-electron chi connectivity index (χ3n) is 13.2. The zero-order chi connectivity index (χ0) is 49.3. The fraction of sp³-hybridized carbons (Fsp3) is 0.447. The van der Waals surface area contributed by atoms with Crippen molar-refractivity contribution in [3.63, 3.8) is 0 Å². The van der Waals surface area contributed by atoms with Crippen LogP contribution in [0.1, 0.15) is 93.6 Å². The summed E-state index contributed by atoms with van der Waals surface area (Å²) < 4.78 is 70.8. The molecule has 0 radical (unpaired) electrons. The fourth-order valence-electron chi connectivity index (χ4n) is 9.95. The molecule has 4 N–H and O–H groups in total. The van der Waals surface area contributed by atoms with Crippen LogP contribution in [0.15, 0.2) is 102 Å². The monoisotopic (exact) mass is 858 g/mol. The van der Waals surface area contributed by atoms with E-state index in [4.69, 9.17) is 30.5 Å². The first-order valence-electron chi connectivity index (χ1n) is 22.6. The lowest BCUT2D eigenvalue weighted by atomic mass is 9.44. The number of hydrogen-bond donors (Lipinski definition) is 4. The number of carbonyl (C=O) groups is 6. The number of ether oxygens (including phenoxy) is 5. The van der Waals surface area contributed by atoms with E-state index in [0.717, 1.165) is 13.8 Å². The minimum Gasteiger partial charge on any atom is -0.456 e. The first kappa shape index (κ1) is 38.0. The summed E-state index contributed by atoms with van der Waals surface area (Å²) in [6.45, 7) is 7.59. The summed E-state index contributed by atoms with van der Waals surface area (Å²) in [5.74, 6) is -7.99. The van der Waals surface area contributed by atoms with Gasteiger partial charge in [-0.15, -0.1) is 0 Å². The molecule has 2 bridgehead atoms. The van der Waals surface area contributed by atoms with E-state index < -0.39 is 148 Å². The average molecular weight is 859 g/mol. The zero-order valence-corrected chi connectivity index (χ0v) is 34.8. The van der Waals surface area contributed by atoms with Crippen LogP contribution in [0.5, 0.6) is 0 Å². The van der Waals surface area contributed by atoms with Crippen LogP contribution in [0, 0.1) is 16.7 Å². The lowest BCUT2D eigenvalue weighted by Crippen LogP contribution is -2.82. The van der Waals surface area contributed by atoms with E-state index in [1.54, 1.807) is 24.3 Å². The molecule has 0 spiro atoms. The zero-order valence-electron chi connectivity index (χ0n) is 39.8. The molecule has 62 heavy (non-hydrogen) atoms. The average Bonchev–Trinajstić information content (AvgIpc) is 3.27. The highest BCUT2D eigenvalue weighted by atomic mass is 16.6. The molecule has 3 aliphatic carbocycles.